The molecule has 25 heavy (non-hydrogen) atoms. The van der Waals surface area contributed by atoms with Crippen molar-refractivity contribution in [3.63, 3.8) is 0 Å². The van der Waals surface area contributed by atoms with E-state index in [1.807, 2.05) is 6.92 Å². The molecule has 3 N–H and O–H groups in total. The molecule has 0 radical (unpaired) electrons. The van der Waals surface area contributed by atoms with E-state index in [0.29, 0.717) is 6.61 Å². The lowest BCUT2D eigenvalue weighted by atomic mass is 9.85. The SMILES string of the molecule is CCCCCCCCCCCCCCCOC(C)C(CO)(CO)CO. The van der Waals surface area contributed by atoms with Crippen LogP contribution in [0.4, 0.5) is 0 Å². The van der Waals surface area contributed by atoms with Crippen molar-refractivity contribution in [1.82, 2.24) is 0 Å². The molecule has 0 rings (SSSR count). The molecule has 1 atom stereocenters. The second-order valence-electron chi connectivity index (χ2n) is 7.59. The number of rotatable bonds is 19. The topological polar surface area (TPSA) is 69.9 Å². The highest BCUT2D eigenvalue weighted by atomic mass is 16.5. The van der Waals surface area contributed by atoms with Crippen LogP contribution in [0.3, 0.4) is 0 Å². The van der Waals surface area contributed by atoms with Gasteiger partial charge in [0.2, 0.25) is 0 Å². The summed E-state index contributed by atoms with van der Waals surface area (Å²) in [6.45, 7) is 3.91. The molecule has 0 saturated carbocycles. The Morgan fingerprint density at radius 1 is 0.640 bits per heavy atom. The van der Waals surface area contributed by atoms with Crippen molar-refractivity contribution in [1.29, 1.82) is 0 Å². The minimum atomic E-state index is -0.934. The zero-order valence-corrected chi connectivity index (χ0v) is 16.8. The summed E-state index contributed by atoms with van der Waals surface area (Å²) in [6, 6.07) is 0. The van der Waals surface area contributed by atoms with Crippen LogP contribution < -0.4 is 0 Å². The molecule has 4 heteroatoms. The molecular formula is C21H44O4. The Morgan fingerprint density at radius 2 is 1.00 bits per heavy atom. The third kappa shape index (κ3) is 12.0. The van der Waals surface area contributed by atoms with Crippen LogP contribution in [0.5, 0.6) is 0 Å². The molecule has 1 unspecified atom stereocenters. The molecule has 0 bridgehead atoms. The fourth-order valence-corrected chi connectivity index (χ4v) is 3.09. The largest absolute Gasteiger partial charge is 0.396 e. The Balaban J connectivity index is 3.39. The summed E-state index contributed by atoms with van der Waals surface area (Å²) in [4.78, 5) is 0. The van der Waals surface area contributed by atoms with Crippen molar-refractivity contribution < 1.29 is 20.1 Å². The summed E-state index contributed by atoms with van der Waals surface area (Å²) in [6.07, 6.45) is 16.8. The summed E-state index contributed by atoms with van der Waals surface area (Å²) >= 11 is 0. The molecule has 0 aliphatic carbocycles. The van der Waals surface area contributed by atoms with Crippen molar-refractivity contribution in [3.05, 3.63) is 0 Å². The normalized spacial score (nSPS) is 13.3. The monoisotopic (exact) mass is 360 g/mol. The lowest BCUT2D eigenvalue weighted by molar-refractivity contribution is -0.106. The zero-order chi connectivity index (χ0) is 18.8. The van der Waals surface area contributed by atoms with E-state index in [9.17, 15) is 15.3 Å². The molecule has 4 nitrogen and oxygen atoms in total. The van der Waals surface area contributed by atoms with E-state index in [1.54, 1.807) is 0 Å². The zero-order valence-electron chi connectivity index (χ0n) is 16.8. The fourth-order valence-electron chi connectivity index (χ4n) is 3.09. The summed E-state index contributed by atoms with van der Waals surface area (Å²) in [7, 11) is 0. The molecule has 0 amide bonds. The second kappa shape index (κ2) is 17.3. The smallest absolute Gasteiger partial charge is 0.0669 e. The molecule has 0 aromatic heterocycles. The maximum Gasteiger partial charge on any atom is 0.0669 e. The van der Waals surface area contributed by atoms with E-state index in [-0.39, 0.29) is 25.9 Å². The molecule has 0 aliphatic heterocycles. The highest BCUT2D eigenvalue weighted by Crippen LogP contribution is 2.23. The van der Waals surface area contributed by atoms with E-state index >= 15 is 0 Å². The van der Waals surface area contributed by atoms with Crippen LogP contribution in [-0.2, 0) is 4.74 Å². The fraction of sp³-hybridized carbons (Fsp3) is 1.00. The molecular weight excluding hydrogens is 316 g/mol. The van der Waals surface area contributed by atoms with Crippen LogP contribution in [-0.4, -0.2) is 47.9 Å². The molecule has 0 saturated heterocycles. The number of aliphatic hydroxyl groups is 3. The molecule has 152 valence electrons. The summed E-state index contributed by atoms with van der Waals surface area (Å²) in [5.41, 5.74) is -0.934. The summed E-state index contributed by atoms with van der Waals surface area (Å²) < 4.78 is 5.70. The van der Waals surface area contributed by atoms with Crippen LogP contribution >= 0.6 is 0 Å². The van der Waals surface area contributed by atoms with E-state index < -0.39 is 5.41 Å². The average Bonchev–Trinajstić information content (AvgIpc) is 2.64. The number of unbranched alkanes of at least 4 members (excludes halogenated alkanes) is 12. The third-order valence-corrected chi connectivity index (χ3v) is 5.42. The van der Waals surface area contributed by atoms with Gasteiger partial charge in [0.25, 0.3) is 0 Å². The number of hydrogen-bond donors (Lipinski definition) is 3. The average molecular weight is 361 g/mol. The molecule has 0 aromatic rings. The van der Waals surface area contributed by atoms with E-state index in [1.165, 1.54) is 70.6 Å². The van der Waals surface area contributed by atoms with E-state index in [2.05, 4.69) is 6.92 Å². The number of hydrogen-bond acceptors (Lipinski definition) is 4. The lowest BCUT2D eigenvalue weighted by Gasteiger charge is -2.33. The van der Waals surface area contributed by atoms with Gasteiger partial charge in [0.1, 0.15) is 0 Å². The van der Waals surface area contributed by atoms with Gasteiger partial charge >= 0.3 is 0 Å². The Hall–Kier alpha value is -0.160. The highest BCUT2D eigenvalue weighted by Gasteiger charge is 2.35. The van der Waals surface area contributed by atoms with Gasteiger partial charge in [0, 0.05) is 6.61 Å². The highest BCUT2D eigenvalue weighted by molar-refractivity contribution is 4.83. The van der Waals surface area contributed by atoms with E-state index in [4.69, 9.17) is 4.74 Å². The van der Waals surface area contributed by atoms with Gasteiger partial charge in [-0.1, -0.05) is 84.0 Å². The number of aliphatic hydroxyl groups excluding tert-OH is 3. The molecule has 0 aromatic carbocycles. The minimum Gasteiger partial charge on any atom is -0.396 e. The molecule has 0 heterocycles. The predicted molar refractivity (Wildman–Crippen MR) is 105 cm³/mol. The van der Waals surface area contributed by atoms with Crippen molar-refractivity contribution in [2.45, 2.75) is 103 Å². The van der Waals surface area contributed by atoms with Crippen LogP contribution in [0.25, 0.3) is 0 Å². The van der Waals surface area contributed by atoms with E-state index in [0.717, 1.165) is 12.8 Å². The first-order valence-electron chi connectivity index (χ1n) is 10.6. The maximum atomic E-state index is 9.36. The maximum absolute atomic E-state index is 9.36. The van der Waals surface area contributed by atoms with Crippen molar-refractivity contribution in [2.75, 3.05) is 26.4 Å². The van der Waals surface area contributed by atoms with Crippen molar-refractivity contribution in [2.24, 2.45) is 5.41 Å². The third-order valence-electron chi connectivity index (χ3n) is 5.42. The van der Waals surface area contributed by atoms with Gasteiger partial charge in [0.05, 0.1) is 31.3 Å². The lowest BCUT2D eigenvalue weighted by Crippen LogP contribution is -2.45. The first-order valence-corrected chi connectivity index (χ1v) is 10.6. The van der Waals surface area contributed by atoms with Gasteiger partial charge in [-0.2, -0.15) is 0 Å². The van der Waals surface area contributed by atoms with Crippen molar-refractivity contribution in [3.8, 4) is 0 Å². The molecule has 0 spiro atoms. The van der Waals surface area contributed by atoms with Crippen LogP contribution in [0.15, 0.2) is 0 Å². The first kappa shape index (κ1) is 24.8. The number of ether oxygens (including phenoxy) is 1. The molecule has 0 fully saturated rings. The summed E-state index contributed by atoms with van der Waals surface area (Å²) in [5, 5.41) is 28.1. The minimum absolute atomic E-state index is 0.264. The molecule has 0 aliphatic rings. The Kier molecular flexibility index (Phi) is 17.2. The van der Waals surface area contributed by atoms with Gasteiger partial charge in [-0.3, -0.25) is 0 Å². The summed E-state index contributed by atoms with van der Waals surface area (Å²) in [5.74, 6) is 0. The van der Waals surface area contributed by atoms with Gasteiger partial charge in [-0.15, -0.1) is 0 Å². The van der Waals surface area contributed by atoms with Gasteiger partial charge in [-0.25, -0.2) is 0 Å². The van der Waals surface area contributed by atoms with Crippen LogP contribution in [0, 0.1) is 5.41 Å². The van der Waals surface area contributed by atoms with Gasteiger partial charge in [-0.05, 0) is 13.3 Å². The van der Waals surface area contributed by atoms with Gasteiger partial charge < -0.3 is 20.1 Å². The Bertz CT molecular complexity index is 258. The van der Waals surface area contributed by atoms with Crippen LogP contribution in [0.1, 0.15) is 97.3 Å². The standard InChI is InChI=1S/C21H44O4/c1-3-4-5-6-7-8-9-10-11-12-13-14-15-16-25-20(2)21(17-22,18-23)19-24/h20,22-24H,3-19H2,1-2H3. The first-order chi connectivity index (χ1) is 12.2. The Labute approximate surface area is 156 Å². The Morgan fingerprint density at radius 3 is 1.36 bits per heavy atom. The second-order valence-corrected chi connectivity index (χ2v) is 7.59. The quantitative estimate of drug-likeness (QED) is 0.298. The van der Waals surface area contributed by atoms with Gasteiger partial charge in [0.15, 0.2) is 0 Å². The predicted octanol–water partition coefficient (Wildman–Crippen LogP) is 4.45. The van der Waals surface area contributed by atoms with Crippen molar-refractivity contribution >= 4 is 0 Å². The van der Waals surface area contributed by atoms with Crippen LogP contribution in [0.2, 0.25) is 0 Å².